The van der Waals surface area contributed by atoms with E-state index >= 15 is 0 Å². The molecule has 2 aliphatic rings. The number of likely N-dealkylation sites (tertiary alicyclic amines) is 1. The number of ether oxygens (including phenoxy) is 2. The summed E-state index contributed by atoms with van der Waals surface area (Å²) in [5.41, 5.74) is 0.247. The van der Waals surface area contributed by atoms with Gasteiger partial charge in [-0.1, -0.05) is 20.8 Å². The number of urea groups is 1. The molecule has 2 amide bonds. The number of piperidine rings is 1. The fourth-order valence-electron chi connectivity index (χ4n) is 3.01. The molecule has 2 rings (SSSR count). The van der Waals surface area contributed by atoms with Crippen LogP contribution >= 0.6 is 0 Å². The number of carbonyl (C=O) groups is 1. The highest BCUT2D eigenvalue weighted by atomic mass is 16.7. The average molecular weight is 298 g/mol. The van der Waals surface area contributed by atoms with Crippen LogP contribution in [-0.4, -0.2) is 49.6 Å². The van der Waals surface area contributed by atoms with Gasteiger partial charge in [0.1, 0.15) is 0 Å². The Bertz CT molecular complexity index is 359. The summed E-state index contributed by atoms with van der Waals surface area (Å²) in [6, 6.07) is 0.0468. The van der Waals surface area contributed by atoms with Crippen molar-refractivity contribution >= 4 is 6.03 Å². The maximum absolute atomic E-state index is 12.3. The van der Waals surface area contributed by atoms with Crippen molar-refractivity contribution in [2.45, 2.75) is 52.7 Å². The van der Waals surface area contributed by atoms with Crippen LogP contribution in [-0.2, 0) is 9.47 Å². The molecule has 0 aromatic carbocycles. The first-order chi connectivity index (χ1) is 9.80. The molecule has 122 valence electrons. The Kier molecular flexibility index (Phi) is 5.15. The smallest absolute Gasteiger partial charge is 0.317 e. The first-order valence-electron chi connectivity index (χ1n) is 8.11. The van der Waals surface area contributed by atoms with Crippen molar-refractivity contribution in [3.05, 3.63) is 0 Å². The molecule has 0 radical (unpaired) electrons. The van der Waals surface area contributed by atoms with E-state index in [2.05, 4.69) is 26.1 Å². The van der Waals surface area contributed by atoms with Gasteiger partial charge in [0, 0.05) is 25.6 Å². The van der Waals surface area contributed by atoms with Crippen LogP contribution in [0, 0.1) is 11.3 Å². The topological polar surface area (TPSA) is 50.8 Å². The van der Waals surface area contributed by atoms with Crippen molar-refractivity contribution in [3.8, 4) is 0 Å². The number of carbonyl (C=O) groups excluding carboxylic acids is 1. The zero-order valence-corrected chi connectivity index (χ0v) is 13.9. The summed E-state index contributed by atoms with van der Waals surface area (Å²) >= 11 is 0. The van der Waals surface area contributed by atoms with Crippen LogP contribution in [0.25, 0.3) is 0 Å². The van der Waals surface area contributed by atoms with E-state index in [1.54, 1.807) is 0 Å². The summed E-state index contributed by atoms with van der Waals surface area (Å²) in [6.45, 7) is 12.2. The summed E-state index contributed by atoms with van der Waals surface area (Å²) in [5.74, 6) is -0.244. The van der Waals surface area contributed by atoms with E-state index < -0.39 is 5.79 Å². The van der Waals surface area contributed by atoms with Gasteiger partial charge < -0.3 is 19.7 Å². The number of hydrogen-bond donors (Lipinski definition) is 1. The SMILES string of the molecule is CC(C)(C)CCNC(=O)N1CCCC(C2(C)OCCO2)C1. The molecule has 1 unspecified atom stereocenters. The Hall–Kier alpha value is -0.810. The lowest BCUT2D eigenvalue weighted by Gasteiger charge is -2.39. The maximum atomic E-state index is 12.3. The standard InChI is InChI=1S/C16H30N2O3/c1-15(2,3)7-8-17-14(19)18-9-5-6-13(12-18)16(4)20-10-11-21-16/h13H,5-12H2,1-4H3,(H,17,19). The molecule has 0 saturated carbocycles. The van der Waals surface area contributed by atoms with Crippen molar-refractivity contribution in [1.82, 2.24) is 10.2 Å². The molecule has 2 aliphatic heterocycles. The normalized spacial score (nSPS) is 25.9. The van der Waals surface area contributed by atoms with E-state index in [1.807, 2.05) is 11.8 Å². The number of amides is 2. The largest absolute Gasteiger partial charge is 0.347 e. The van der Waals surface area contributed by atoms with Crippen molar-refractivity contribution in [2.75, 3.05) is 32.8 Å². The fraction of sp³-hybridized carbons (Fsp3) is 0.938. The number of hydrogen-bond acceptors (Lipinski definition) is 3. The maximum Gasteiger partial charge on any atom is 0.317 e. The van der Waals surface area contributed by atoms with E-state index in [0.717, 1.165) is 38.9 Å². The fourth-order valence-corrected chi connectivity index (χ4v) is 3.01. The number of rotatable bonds is 3. The van der Waals surface area contributed by atoms with E-state index in [-0.39, 0.29) is 17.4 Å². The zero-order chi connectivity index (χ0) is 15.5. The lowest BCUT2D eigenvalue weighted by molar-refractivity contribution is -0.189. The van der Waals surface area contributed by atoms with Gasteiger partial charge in [0.2, 0.25) is 0 Å². The van der Waals surface area contributed by atoms with Crippen molar-refractivity contribution in [3.63, 3.8) is 0 Å². The lowest BCUT2D eigenvalue weighted by atomic mass is 9.90. The molecule has 0 spiro atoms. The molecule has 0 aliphatic carbocycles. The zero-order valence-electron chi connectivity index (χ0n) is 13.9. The molecule has 1 atom stereocenters. The molecule has 21 heavy (non-hydrogen) atoms. The third-order valence-corrected chi connectivity index (χ3v) is 4.46. The van der Waals surface area contributed by atoms with Crippen molar-refractivity contribution < 1.29 is 14.3 Å². The van der Waals surface area contributed by atoms with Crippen LogP contribution in [0.1, 0.15) is 47.0 Å². The summed E-state index contributed by atoms with van der Waals surface area (Å²) in [5, 5.41) is 3.04. The van der Waals surface area contributed by atoms with Crippen molar-refractivity contribution in [2.24, 2.45) is 11.3 Å². The second kappa shape index (κ2) is 6.53. The van der Waals surface area contributed by atoms with Crippen LogP contribution in [0.15, 0.2) is 0 Å². The monoisotopic (exact) mass is 298 g/mol. The molecular weight excluding hydrogens is 268 g/mol. The molecule has 5 heteroatoms. The third-order valence-electron chi connectivity index (χ3n) is 4.46. The van der Waals surface area contributed by atoms with Crippen LogP contribution in [0.4, 0.5) is 4.79 Å². The Balaban J connectivity index is 1.81. The van der Waals surface area contributed by atoms with Crippen LogP contribution < -0.4 is 5.32 Å². The molecule has 0 aromatic rings. The van der Waals surface area contributed by atoms with Crippen LogP contribution in [0.3, 0.4) is 0 Å². The summed E-state index contributed by atoms with van der Waals surface area (Å²) in [4.78, 5) is 14.2. The molecule has 2 heterocycles. The molecule has 2 fully saturated rings. The second-order valence-electron chi connectivity index (χ2n) is 7.54. The molecular formula is C16H30N2O3. The molecule has 0 aromatic heterocycles. The second-order valence-corrected chi connectivity index (χ2v) is 7.54. The molecule has 0 bridgehead atoms. The number of nitrogens with zero attached hydrogens (tertiary/aromatic N) is 1. The van der Waals surface area contributed by atoms with Gasteiger partial charge in [0.15, 0.2) is 5.79 Å². The predicted octanol–water partition coefficient (Wildman–Crippen LogP) is 2.61. The van der Waals surface area contributed by atoms with Crippen LogP contribution in [0.2, 0.25) is 0 Å². The van der Waals surface area contributed by atoms with E-state index in [9.17, 15) is 4.79 Å². The Morgan fingerprint density at radius 1 is 1.33 bits per heavy atom. The Morgan fingerprint density at radius 2 is 2.00 bits per heavy atom. The van der Waals surface area contributed by atoms with Gasteiger partial charge in [0.05, 0.1) is 13.2 Å². The predicted molar refractivity (Wildman–Crippen MR) is 82.1 cm³/mol. The summed E-state index contributed by atoms with van der Waals surface area (Å²) in [7, 11) is 0. The number of nitrogens with one attached hydrogen (secondary N) is 1. The minimum Gasteiger partial charge on any atom is -0.347 e. The van der Waals surface area contributed by atoms with Gasteiger partial charge in [0.25, 0.3) is 0 Å². The van der Waals surface area contributed by atoms with Gasteiger partial charge >= 0.3 is 6.03 Å². The minimum absolute atomic E-state index is 0.0468. The Morgan fingerprint density at radius 3 is 2.62 bits per heavy atom. The third kappa shape index (κ3) is 4.58. The minimum atomic E-state index is -0.510. The van der Waals surface area contributed by atoms with Gasteiger partial charge in [-0.05, 0) is 31.6 Å². The highest BCUT2D eigenvalue weighted by Crippen LogP contribution is 2.34. The van der Waals surface area contributed by atoms with Crippen LogP contribution in [0.5, 0.6) is 0 Å². The molecule has 2 saturated heterocycles. The lowest BCUT2D eigenvalue weighted by Crippen LogP contribution is -2.51. The van der Waals surface area contributed by atoms with Gasteiger partial charge in [-0.25, -0.2) is 4.79 Å². The highest BCUT2D eigenvalue weighted by Gasteiger charge is 2.42. The summed E-state index contributed by atoms with van der Waals surface area (Å²) < 4.78 is 11.5. The van der Waals surface area contributed by atoms with Gasteiger partial charge in [-0.3, -0.25) is 0 Å². The van der Waals surface area contributed by atoms with E-state index in [0.29, 0.717) is 13.2 Å². The van der Waals surface area contributed by atoms with E-state index in [4.69, 9.17) is 9.47 Å². The van der Waals surface area contributed by atoms with E-state index in [1.165, 1.54) is 0 Å². The molecule has 5 nitrogen and oxygen atoms in total. The van der Waals surface area contributed by atoms with Crippen molar-refractivity contribution in [1.29, 1.82) is 0 Å². The summed E-state index contributed by atoms with van der Waals surface area (Å²) in [6.07, 6.45) is 3.06. The Labute approximate surface area is 128 Å². The first kappa shape index (κ1) is 16.6. The molecule has 1 N–H and O–H groups in total. The average Bonchev–Trinajstić information content (AvgIpc) is 2.86. The van der Waals surface area contributed by atoms with Gasteiger partial charge in [-0.15, -0.1) is 0 Å². The first-order valence-corrected chi connectivity index (χ1v) is 8.11. The quantitative estimate of drug-likeness (QED) is 0.871. The van der Waals surface area contributed by atoms with Gasteiger partial charge in [-0.2, -0.15) is 0 Å². The highest BCUT2D eigenvalue weighted by molar-refractivity contribution is 5.74.